The van der Waals surface area contributed by atoms with Gasteiger partial charge in [-0.05, 0) is 57.6 Å². The topological polar surface area (TPSA) is 122 Å². The van der Waals surface area contributed by atoms with Crippen LogP contribution in [0.4, 0.5) is 0 Å². The van der Waals surface area contributed by atoms with Crippen LogP contribution in [-0.4, -0.2) is 58.9 Å². The lowest BCUT2D eigenvalue weighted by atomic mass is 10.1. The third kappa shape index (κ3) is 6.93. The molecule has 2 amide bonds. The molecule has 0 heterocycles. The lowest BCUT2D eigenvalue weighted by Crippen LogP contribution is -2.32. The van der Waals surface area contributed by atoms with E-state index in [4.69, 9.17) is 5.14 Å². The van der Waals surface area contributed by atoms with Crippen molar-refractivity contribution in [3.8, 4) is 0 Å². The highest BCUT2D eigenvalue weighted by molar-refractivity contribution is 7.89. The maximum Gasteiger partial charge on any atom is 0.238 e. The molecule has 2 rings (SSSR count). The Balaban J connectivity index is 1.66. The predicted octanol–water partition coefficient (Wildman–Crippen LogP) is -0.303. The molecule has 1 saturated carbocycles. The number of nitrogens with zero attached hydrogens (tertiary/aromatic N) is 1. The van der Waals surface area contributed by atoms with Gasteiger partial charge in [-0.1, -0.05) is 12.1 Å². The van der Waals surface area contributed by atoms with Gasteiger partial charge < -0.3 is 15.5 Å². The Kier molecular flexibility index (Phi) is 7.34. The van der Waals surface area contributed by atoms with Gasteiger partial charge in [-0.3, -0.25) is 9.59 Å². The lowest BCUT2D eigenvalue weighted by molar-refractivity contribution is -0.127. The van der Waals surface area contributed by atoms with Crippen molar-refractivity contribution in [2.45, 2.75) is 24.2 Å². The first-order valence-electron chi connectivity index (χ1n) is 9.00. The zero-order chi connectivity index (χ0) is 20.0. The van der Waals surface area contributed by atoms with Crippen molar-refractivity contribution in [1.29, 1.82) is 0 Å². The van der Waals surface area contributed by atoms with Crippen molar-refractivity contribution < 1.29 is 18.0 Å². The number of nitrogens with two attached hydrogens (primary N) is 1. The Morgan fingerprint density at radius 3 is 2.15 bits per heavy atom. The fraction of sp³-hybridized carbons (Fsp3) is 0.556. The summed E-state index contributed by atoms with van der Waals surface area (Å²) in [4.78, 5) is 26.3. The number of rotatable bonds is 10. The van der Waals surface area contributed by atoms with E-state index >= 15 is 0 Å². The van der Waals surface area contributed by atoms with Gasteiger partial charge in [0.15, 0.2) is 0 Å². The van der Waals surface area contributed by atoms with Crippen LogP contribution in [0.1, 0.15) is 18.4 Å². The van der Waals surface area contributed by atoms with Gasteiger partial charge >= 0.3 is 0 Å². The molecule has 0 aromatic heterocycles. The van der Waals surface area contributed by atoms with Gasteiger partial charge in [-0.25, -0.2) is 13.6 Å². The molecule has 1 aromatic carbocycles. The van der Waals surface area contributed by atoms with Crippen LogP contribution in [0, 0.1) is 11.8 Å². The van der Waals surface area contributed by atoms with E-state index in [1.54, 1.807) is 12.1 Å². The van der Waals surface area contributed by atoms with E-state index in [0.29, 0.717) is 25.9 Å². The van der Waals surface area contributed by atoms with Crippen LogP contribution in [0.3, 0.4) is 0 Å². The molecule has 4 N–H and O–H groups in total. The number of amides is 2. The second-order valence-corrected chi connectivity index (χ2v) is 8.69. The average Bonchev–Trinajstić information content (AvgIpc) is 3.39. The number of nitrogens with one attached hydrogen (secondary N) is 2. The maximum atomic E-state index is 12.1. The second kappa shape index (κ2) is 9.29. The Labute approximate surface area is 160 Å². The average molecular weight is 397 g/mol. The highest BCUT2D eigenvalue weighted by Gasteiger charge is 2.47. The minimum Gasteiger partial charge on any atom is -0.356 e. The number of carbonyl (C=O) groups is 2. The number of carbonyl (C=O) groups excluding carboxylic acids is 2. The summed E-state index contributed by atoms with van der Waals surface area (Å²) < 4.78 is 22.4. The van der Waals surface area contributed by atoms with E-state index in [9.17, 15) is 18.0 Å². The van der Waals surface area contributed by atoms with E-state index in [1.165, 1.54) is 12.1 Å². The van der Waals surface area contributed by atoms with Crippen molar-refractivity contribution in [2.24, 2.45) is 17.0 Å². The zero-order valence-electron chi connectivity index (χ0n) is 15.8. The second-order valence-electron chi connectivity index (χ2n) is 7.13. The summed E-state index contributed by atoms with van der Waals surface area (Å²) in [6.45, 7) is 1.96. The minimum absolute atomic E-state index is 0.0486. The van der Waals surface area contributed by atoms with E-state index in [2.05, 4.69) is 15.5 Å². The molecule has 0 bridgehead atoms. The molecule has 1 aromatic rings. The summed E-state index contributed by atoms with van der Waals surface area (Å²) in [6.07, 6.45) is 2.05. The van der Waals surface area contributed by atoms with Crippen LogP contribution in [0.2, 0.25) is 0 Å². The normalized spacial score (nSPS) is 19.0. The van der Waals surface area contributed by atoms with Crippen molar-refractivity contribution in [3.63, 3.8) is 0 Å². The summed E-state index contributed by atoms with van der Waals surface area (Å²) in [5.74, 6) is -0.626. The van der Waals surface area contributed by atoms with Gasteiger partial charge in [0.1, 0.15) is 0 Å². The molecule has 1 fully saturated rings. The Hall–Kier alpha value is -1.97. The largest absolute Gasteiger partial charge is 0.356 e. The fourth-order valence-corrected chi connectivity index (χ4v) is 3.33. The van der Waals surface area contributed by atoms with Crippen LogP contribution in [0.5, 0.6) is 0 Å². The molecule has 2 atom stereocenters. The molecule has 0 radical (unpaired) electrons. The van der Waals surface area contributed by atoms with Crippen LogP contribution in [0.25, 0.3) is 0 Å². The molecule has 0 aliphatic heterocycles. The first kappa shape index (κ1) is 21.3. The van der Waals surface area contributed by atoms with Crippen LogP contribution >= 0.6 is 0 Å². The maximum absolute atomic E-state index is 12.1. The summed E-state index contributed by atoms with van der Waals surface area (Å²) in [5, 5.41) is 10.8. The molecule has 2 unspecified atom stereocenters. The van der Waals surface area contributed by atoms with Gasteiger partial charge in [-0.2, -0.15) is 0 Å². The highest BCUT2D eigenvalue weighted by Crippen LogP contribution is 2.38. The minimum atomic E-state index is -3.69. The van der Waals surface area contributed by atoms with Crippen molar-refractivity contribution in [3.05, 3.63) is 29.8 Å². The van der Waals surface area contributed by atoms with Crippen molar-refractivity contribution in [2.75, 3.05) is 33.7 Å². The molecule has 0 spiro atoms. The molecular formula is C18H28N4O4S. The molecule has 150 valence electrons. The van der Waals surface area contributed by atoms with E-state index in [1.807, 2.05) is 14.1 Å². The van der Waals surface area contributed by atoms with E-state index in [-0.39, 0.29) is 28.5 Å². The number of sulfonamides is 1. The Morgan fingerprint density at radius 2 is 1.63 bits per heavy atom. The summed E-state index contributed by atoms with van der Waals surface area (Å²) in [7, 11) is 0.274. The van der Waals surface area contributed by atoms with Crippen molar-refractivity contribution in [1.82, 2.24) is 15.5 Å². The van der Waals surface area contributed by atoms with E-state index in [0.717, 1.165) is 18.5 Å². The number of hydrogen-bond acceptors (Lipinski definition) is 5. The van der Waals surface area contributed by atoms with Gasteiger partial charge in [0, 0.05) is 13.1 Å². The standard InChI is InChI=1S/C18H28N4O4S/c1-22(2)11-3-9-20-17(23)15-12-16(15)18(24)21-10-8-13-4-6-14(7-5-13)27(19,25)26/h4-7,15-16H,3,8-12H2,1-2H3,(H,20,23)(H,21,24)(H2,19,25,26). The van der Waals surface area contributed by atoms with Gasteiger partial charge in [0.05, 0.1) is 16.7 Å². The van der Waals surface area contributed by atoms with Gasteiger partial charge in [0.2, 0.25) is 21.8 Å². The number of hydrogen-bond donors (Lipinski definition) is 3. The summed E-state index contributed by atoms with van der Waals surface area (Å²) >= 11 is 0. The highest BCUT2D eigenvalue weighted by atomic mass is 32.2. The number of primary sulfonamides is 1. The molecule has 27 heavy (non-hydrogen) atoms. The van der Waals surface area contributed by atoms with Crippen LogP contribution < -0.4 is 15.8 Å². The monoisotopic (exact) mass is 396 g/mol. The first-order valence-corrected chi connectivity index (χ1v) is 10.5. The quantitative estimate of drug-likeness (QED) is 0.469. The van der Waals surface area contributed by atoms with E-state index < -0.39 is 10.0 Å². The SMILES string of the molecule is CN(C)CCCNC(=O)C1CC1C(=O)NCCc1ccc(S(N)(=O)=O)cc1. The van der Waals surface area contributed by atoms with Gasteiger partial charge in [0.25, 0.3) is 0 Å². The summed E-state index contributed by atoms with van der Waals surface area (Å²) in [5.41, 5.74) is 0.897. The molecule has 0 saturated heterocycles. The Morgan fingerprint density at radius 1 is 1.07 bits per heavy atom. The third-order valence-electron chi connectivity index (χ3n) is 4.51. The van der Waals surface area contributed by atoms with Crippen LogP contribution in [0.15, 0.2) is 29.2 Å². The van der Waals surface area contributed by atoms with Crippen LogP contribution in [-0.2, 0) is 26.0 Å². The molecule has 8 nitrogen and oxygen atoms in total. The third-order valence-corrected chi connectivity index (χ3v) is 5.44. The number of benzene rings is 1. The molecular weight excluding hydrogens is 368 g/mol. The molecule has 9 heteroatoms. The summed E-state index contributed by atoms with van der Waals surface area (Å²) in [6, 6.07) is 6.24. The van der Waals surface area contributed by atoms with Gasteiger partial charge in [-0.15, -0.1) is 0 Å². The smallest absolute Gasteiger partial charge is 0.238 e. The first-order chi connectivity index (χ1) is 12.7. The van der Waals surface area contributed by atoms with Crippen molar-refractivity contribution >= 4 is 21.8 Å². The lowest BCUT2D eigenvalue weighted by Gasteiger charge is -2.10. The Bertz CT molecular complexity index is 762. The predicted molar refractivity (Wildman–Crippen MR) is 102 cm³/mol. The fourth-order valence-electron chi connectivity index (χ4n) is 2.82. The zero-order valence-corrected chi connectivity index (χ0v) is 16.6. The molecule has 1 aliphatic rings. The molecule has 1 aliphatic carbocycles.